The van der Waals surface area contributed by atoms with Crippen LogP contribution in [0.5, 0.6) is 0 Å². The first-order valence-electron chi connectivity index (χ1n) is 30.6. The smallest absolute Gasteiger partial charge is 0.245 e. The highest BCUT2D eigenvalue weighted by Crippen LogP contribution is 2.25. The number of nitrogens with zero attached hydrogens (tertiary/aromatic N) is 8. The number of amides is 10. The van der Waals surface area contributed by atoms with E-state index in [1.807, 2.05) is 34.6 Å². The normalized spacial score (nSPS) is 26.6. The molecule has 0 aromatic heterocycles. The molecule has 0 radical (unpaired) electrons. The maximum Gasteiger partial charge on any atom is 0.245 e. The van der Waals surface area contributed by atoms with Gasteiger partial charge in [-0.1, -0.05) is 78.3 Å². The van der Waals surface area contributed by atoms with Gasteiger partial charge in [0.1, 0.15) is 42.3 Å². The van der Waals surface area contributed by atoms with Crippen LogP contribution in [0.15, 0.2) is 30.3 Å². The van der Waals surface area contributed by atoms with E-state index in [9.17, 15) is 53.1 Å². The minimum Gasteiger partial charge on any atom is -0.393 e. The molecule has 2 saturated heterocycles. The number of likely N-dealkylation sites (tertiary alicyclic amines) is 1. The molecule has 0 unspecified atom stereocenters. The summed E-state index contributed by atoms with van der Waals surface area (Å²) in [7, 11) is 9.84. The number of ketones is 1. The molecule has 3 rings (SSSR count). The maximum atomic E-state index is 15.0. The number of carbonyl (C=O) groups is 11. The topological polar surface area (TPSA) is 267 Å². The largest absolute Gasteiger partial charge is 0.393 e. The van der Waals surface area contributed by atoms with Crippen molar-refractivity contribution in [3.05, 3.63) is 35.9 Å². The first-order valence-corrected chi connectivity index (χ1v) is 30.6. The molecule has 484 valence electrons. The van der Waals surface area contributed by atoms with Gasteiger partial charge in [0.2, 0.25) is 59.1 Å². The second-order valence-electron chi connectivity index (χ2n) is 25.8. The first-order chi connectivity index (χ1) is 40.0. The van der Waals surface area contributed by atoms with E-state index in [2.05, 4.69) is 10.6 Å². The lowest BCUT2D eigenvalue weighted by molar-refractivity contribution is -0.154. The van der Waals surface area contributed by atoms with Crippen LogP contribution in [-0.2, 0) is 63.9 Å². The number of benzene rings is 1. The Morgan fingerprint density at radius 3 is 1.67 bits per heavy atom. The average molecular weight is 1210 g/mol. The average Bonchev–Trinajstić information content (AvgIpc) is 1.70. The molecular weight excluding hydrogens is 1100 g/mol. The first kappa shape index (κ1) is 73.8. The highest BCUT2D eigenvalue weighted by atomic mass is 16.5. The molecule has 2 aliphatic rings. The van der Waals surface area contributed by atoms with Gasteiger partial charge in [0.05, 0.1) is 43.2 Å². The van der Waals surface area contributed by atoms with Gasteiger partial charge in [0.25, 0.3) is 0 Å². The molecule has 1 aromatic carbocycles. The van der Waals surface area contributed by atoms with Gasteiger partial charge < -0.3 is 59.7 Å². The van der Waals surface area contributed by atoms with Crippen LogP contribution < -0.4 is 10.6 Å². The zero-order valence-electron chi connectivity index (χ0n) is 55.0. The van der Waals surface area contributed by atoms with Crippen LogP contribution in [0.4, 0.5) is 0 Å². The molecule has 11 atom stereocenters. The minimum atomic E-state index is -1.49. The Bertz CT molecular complexity index is 2520. The summed E-state index contributed by atoms with van der Waals surface area (Å²) in [5.74, 6) is -9.61. The Balaban J connectivity index is 2.32. The molecule has 2 aliphatic heterocycles. The summed E-state index contributed by atoms with van der Waals surface area (Å²) in [4.78, 5) is 171. The van der Waals surface area contributed by atoms with Crippen molar-refractivity contribution in [2.75, 3.05) is 75.6 Å². The molecule has 23 heteroatoms. The lowest BCUT2D eigenvalue weighted by Gasteiger charge is -2.39. The lowest BCUT2D eigenvalue weighted by Crippen LogP contribution is -2.62. The fraction of sp³-hybridized carbons (Fsp3) is 0.730. The molecule has 0 saturated carbocycles. The van der Waals surface area contributed by atoms with Crippen molar-refractivity contribution >= 4 is 64.9 Å². The molecule has 0 bridgehead atoms. The Morgan fingerprint density at radius 1 is 0.616 bits per heavy atom. The monoisotopic (exact) mass is 1210 g/mol. The third-order valence-corrected chi connectivity index (χ3v) is 17.0. The highest BCUT2D eigenvalue weighted by molar-refractivity contribution is 5.99. The Labute approximate surface area is 511 Å². The van der Waals surface area contributed by atoms with Crippen molar-refractivity contribution in [3.8, 4) is 0 Å². The molecule has 1 aromatic rings. The number of likely N-dealkylation sites (N-methyl/N-ethyl adjacent to an activating group) is 7. The van der Waals surface area contributed by atoms with Crippen LogP contribution in [-0.4, -0.2) is 245 Å². The van der Waals surface area contributed by atoms with Crippen LogP contribution in [0.3, 0.4) is 0 Å². The van der Waals surface area contributed by atoms with E-state index in [1.54, 1.807) is 62.9 Å². The van der Waals surface area contributed by atoms with Gasteiger partial charge in [-0.25, -0.2) is 0 Å². The van der Waals surface area contributed by atoms with Crippen LogP contribution >= 0.6 is 0 Å². The summed E-state index contributed by atoms with van der Waals surface area (Å²) < 4.78 is 6.11. The third-order valence-electron chi connectivity index (χ3n) is 17.0. The van der Waals surface area contributed by atoms with Gasteiger partial charge in [-0.05, 0) is 97.0 Å². The lowest BCUT2D eigenvalue weighted by atomic mass is 9.89. The number of carbonyl (C=O) groups excluding carboxylic acids is 11. The van der Waals surface area contributed by atoms with E-state index < -0.39 is 163 Å². The zero-order chi connectivity index (χ0) is 65.4. The van der Waals surface area contributed by atoms with Gasteiger partial charge in [0.15, 0.2) is 5.78 Å². The molecule has 2 fully saturated rings. The van der Waals surface area contributed by atoms with Crippen molar-refractivity contribution in [1.82, 2.24) is 49.8 Å². The second kappa shape index (κ2) is 33.0. The third kappa shape index (κ3) is 20.3. The van der Waals surface area contributed by atoms with E-state index in [4.69, 9.17) is 4.74 Å². The van der Waals surface area contributed by atoms with Crippen molar-refractivity contribution in [3.63, 3.8) is 0 Å². The van der Waals surface area contributed by atoms with Gasteiger partial charge in [-0.15, -0.1) is 0 Å². The molecule has 0 spiro atoms. The Hall–Kier alpha value is -6.49. The second-order valence-corrected chi connectivity index (χ2v) is 25.8. The van der Waals surface area contributed by atoms with Crippen LogP contribution in [0.25, 0.3) is 0 Å². The molecular formula is C63H104N10O13. The predicted molar refractivity (Wildman–Crippen MR) is 326 cm³/mol. The van der Waals surface area contributed by atoms with E-state index in [0.717, 1.165) is 21.1 Å². The molecule has 23 nitrogen and oxygen atoms in total. The van der Waals surface area contributed by atoms with Crippen molar-refractivity contribution in [2.45, 2.75) is 201 Å². The van der Waals surface area contributed by atoms with E-state index in [0.29, 0.717) is 37.9 Å². The standard InChI is InChI=1S/C63H104N10O13/c1-20-40(6)54-56(79)65-47(37-86-63(10,11)12)55(78)64-46(60(83)73-29-25-22-26-30-73)35-52(76)67(14)41(7)57(80)71(18)50(33-44-27-23-21-24-28-44)61(84)66(13)36-53(77)69(16)48(31-38(2)3)51(75)34-45(43(9)74)59(82)68(15)42(8)58(81)70(17)49(32-39(4)5)62(85)72(54)19/h21,23-24,27-28,38-43,45-50,54,74H,20,22,25-26,29-37H2,1-19H3,(H,64,78)(H,65,79)/t40-,41-,42-,43+,45-,46-,47-,48-,49-,50-,54-/m0/s1. The number of hydrogen-bond donors (Lipinski definition) is 3. The van der Waals surface area contributed by atoms with E-state index in [-0.39, 0.29) is 31.1 Å². The van der Waals surface area contributed by atoms with Crippen molar-refractivity contribution in [2.24, 2.45) is 23.7 Å². The number of piperidine rings is 1. The zero-order valence-corrected chi connectivity index (χ0v) is 55.0. The van der Waals surface area contributed by atoms with Gasteiger partial charge >= 0.3 is 0 Å². The number of aliphatic hydroxyl groups is 1. The van der Waals surface area contributed by atoms with Gasteiger partial charge in [-0.3, -0.25) is 52.7 Å². The Morgan fingerprint density at radius 2 is 1.15 bits per heavy atom. The fourth-order valence-electron chi connectivity index (χ4n) is 10.9. The van der Waals surface area contributed by atoms with Crippen LogP contribution in [0.2, 0.25) is 0 Å². The quantitative estimate of drug-likeness (QED) is 0.272. The summed E-state index contributed by atoms with van der Waals surface area (Å²) in [5, 5.41) is 16.7. The number of ether oxygens (including phenoxy) is 1. The highest BCUT2D eigenvalue weighted by Gasteiger charge is 2.44. The summed E-state index contributed by atoms with van der Waals surface area (Å²) in [6.07, 6.45) is 0.361. The van der Waals surface area contributed by atoms with Crippen LogP contribution in [0, 0.1) is 23.7 Å². The minimum absolute atomic E-state index is 0.00284. The summed E-state index contributed by atoms with van der Waals surface area (Å²) in [5.41, 5.74) is -0.161. The number of rotatable bonds is 12. The molecule has 86 heavy (non-hydrogen) atoms. The summed E-state index contributed by atoms with van der Waals surface area (Å²) >= 11 is 0. The number of Topliss-reactive ketones (excluding diaryl/α,β-unsaturated/α-hetero) is 1. The molecule has 0 aliphatic carbocycles. The number of nitrogens with one attached hydrogen (secondary N) is 2. The predicted octanol–water partition coefficient (Wildman–Crippen LogP) is 2.98. The fourth-order valence-corrected chi connectivity index (χ4v) is 10.9. The van der Waals surface area contributed by atoms with Gasteiger partial charge in [0, 0.05) is 75.3 Å². The van der Waals surface area contributed by atoms with Crippen LogP contribution in [0.1, 0.15) is 140 Å². The van der Waals surface area contributed by atoms with E-state index in [1.165, 1.54) is 89.7 Å². The molecule has 2 heterocycles. The Kier molecular flexibility index (Phi) is 28.3. The summed E-state index contributed by atoms with van der Waals surface area (Å²) in [6, 6.07) is -1.33. The summed E-state index contributed by atoms with van der Waals surface area (Å²) in [6.45, 7) is 20.4. The molecule has 3 N–H and O–H groups in total. The number of hydrogen-bond acceptors (Lipinski definition) is 13. The van der Waals surface area contributed by atoms with Crippen molar-refractivity contribution in [1.29, 1.82) is 0 Å². The maximum absolute atomic E-state index is 15.0. The molecule has 10 amide bonds. The van der Waals surface area contributed by atoms with E-state index >= 15 is 4.79 Å². The SMILES string of the molecule is CC[C@H](C)[C@H]1C(=O)N[C@@H](COC(C)(C)C)C(=O)N[C@H](C(=O)N2CCCCC2)CC(=O)N(C)[C@@H](C)C(=O)N(C)[C@@H](Cc2ccccc2)C(=O)N(C)CC(=O)N(C)[C@@H](CC(C)C)C(=O)C[C@@H]([C@@H](C)O)C(=O)N(C)[C@@H](C)C(=O)N(C)[C@@H](CC(C)C)C(=O)N1C. The van der Waals surface area contributed by atoms with Gasteiger partial charge in [-0.2, -0.15) is 0 Å². The van der Waals surface area contributed by atoms with Crippen molar-refractivity contribution < 1.29 is 62.6 Å². The number of aliphatic hydroxyl groups excluding tert-OH is 1.